The maximum absolute atomic E-state index is 11.1. The van der Waals surface area contributed by atoms with E-state index >= 15 is 0 Å². The highest BCUT2D eigenvalue weighted by molar-refractivity contribution is 6.30. The SMILES string of the molecule is COC(=O)c1ccc(CN(C)C)c(Cl)n1. The van der Waals surface area contributed by atoms with Crippen molar-refractivity contribution in [1.29, 1.82) is 0 Å². The van der Waals surface area contributed by atoms with Gasteiger partial charge in [-0.2, -0.15) is 0 Å². The Morgan fingerprint density at radius 3 is 2.67 bits per heavy atom. The van der Waals surface area contributed by atoms with Crippen molar-refractivity contribution in [3.05, 3.63) is 28.5 Å². The minimum absolute atomic E-state index is 0.227. The van der Waals surface area contributed by atoms with Crippen LogP contribution in [-0.2, 0) is 11.3 Å². The first-order valence-electron chi connectivity index (χ1n) is 4.43. The molecule has 0 atom stereocenters. The average Bonchev–Trinajstić information content (AvgIpc) is 2.19. The molecule has 0 bridgehead atoms. The standard InChI is InChI=1S/C10H13ClN2O2/c1-13(2)6-7-4-5-8(10(14)15-3)12-9(7)11/h4-5H,6H2,1-3H3. The van der Waals surface area contributed by atoms with Gasteiger partial charge in [0, 0.05) is 12.1 Å². The smallest absolute Gasteiger partial charge is 0.356 e. The van der Waals surface area contributed by atoms with Crippen LogP contribution in [-0.4, -0.2) is 37.1 Å². The molecule has 5 heteroatoms. The van der Waals surface area contributed by atoms with Gasteiger partial charge in [-0.1, -0.05) is 17.7 Å². The second-order valence-corrected chi connectivity index (χ2v) is 3.73. The summed E-state index contributed by atoms with van der Waals surface area (Å²) in [4.78, 5) is 17.1. The molecule has 0 radical (unpaired) electrons. The first-order chi connectivity index (χ1) is 7.04. The average molecular weight is 229 g/mol. The van der Waals surface area contributed by atoms with Crippen LogP contribution in [0, 0.1) is 0 Å². The number of hydrogen-bond acceptors (Lipinski definition) is 4. The van der Waals surface area contributed by atoms with Crippen molar-refractivity contribution in [2.45, 2.75) is 6.54 Å². The number of esters is 1. The van der Waals surface area contributed by atoms with Crippen LogP contribution in [0.25, 0.3) is 0 Å². The second kappa shape index (κ2) is 5.09. The van der Waals surface area contributed by atoms with E-state index in [2.05, 4.69) is 9.72 Å². The number of methoxy groups -OCH3 is 1. The number of carbonyl (C=O) groups is 1. The van der Waals surface area contributed by atoms with Gasteiger partial charge in [0.2, 0.25) is 0 Å². The molecule has 82 valence electrons. The molecule has 1 aromatic rings. The third-order valence-corrected chi connectivity index (χ3v) is 2.13. The van der Waals surface area contributed by atoms with Gasteiger partial charge in [0.25, 0.3) is 0 Å². The molecule has 0 unspecified atom stereocenters. The number of nitrogens with zero attached hydrogens (tertiary/aromatic N) is 2. The Balaban J connectivity index is 2.93. The maximum atomic E-state index is 11.1. The molecule has 0 aliphatic carbocycles. The van der Waals surface area contributed by atoms with E-state index in [9.17, 15) is 4.79 Å². The summed E-state index contributed by atoms with van der Waals surface area (Å²) in [5.74, 6) is -0.478. The number of rotatable bonds is 3. The molecule has 1 heterocycles. The van der Waals surface area contributed by atoms with Gasteiger partial charge in [-0.3, -0.25) is 0 Å². The zero-order valence-corrected chi connectivity index (χ0v) is 9.71. The Hall–Kier alpha value is -1.13. The topological polar surface area (TPSA) is 42.4 Å². The van der Waals surface area contributed by atoms with Crippen LogP contribution in [0.1, 0.15) is 16.1 Å². The van der Waals surface area contributed by atoms with Gasteiger partial charge in [0.1, 0.15) is 10.8 Å². The maximum Gasteiger partial charge on any atom is 0.356 e. The monoisotopic (exact) mass is 228 g/mol. The first-order valence-corrected chi connectivity index (χ1v) is 4.81. The Labute approximate surface area is 93.8 Å². The summed E-state index contributed by atoms with van der Waals surface area (Å²) in [5, 5.41) is 0.339. The molecule has 1 rings (SSSR count). The van der Waals surface area contributed by atoms with Gasteiger partial charge in [0.15, 0.2) is 0 Å². The quantitative estimate of drug-likeness (QED) is 0.582. The van der Waals surface area contributed by atoms with E-state index < -0.39 is 5.97 Å². The number of pyridine rings is 1. The van der Waals surface area contributed by atoms with Crippen molar-refractivity contribution in [2.24, 2.45) is 0 Å². The summed E-state index contributed by atoms with van der Waals surface area (Å²) in [7, 11) is 5.18. The molecule has 1 aromatic heterocycles. The van der Waals surface area contributed by atoms with Crippen molar-refractivity contribution in [2.75, 3.05) is 21.2 Å². The predicted octanol–water partition coefficient (Wildman–Crippen LogP) is 1.58. The third-order valence-electron chi connectivity index (χ3n) is 1.81. The lowest BCUT2D eigenvalue weighted by atomic mass is 10.2. The Morgan fingerprint density at radius 2 is 2.20 bits per heavy atom. The van der Waals surface area contributed by atoms with Crippen LogP contribution in [0.5, 0.6) is 0 Å². The summed E-state index contributed by atoms with van der Waals surface area (Å²) in [6.45, 7) is 0.688. The van der Waals surface area contributed by atoms with E-state index in [-0.39, 0.29) is 5.69 Å². The lowest BCUT2D eigenvalue weighted by Crippen LogP contribution is -2.12. The van der Waals surface area contributed by atoms with Crippen LogP contribution in [0.3, 0.4) is 0 Å². The zero-order valence-electron chi connectivity index (χ0n) is 8.95. The fourth-order valence-corrected chi connectivity index (χ4v) is 1.35. The van der Waals surface area contributed by atoms with Crippen molar-refractivity contribution < 1.29 is 9.53 Å². The van der Waals surface area contributed by atoms with E-state index in [4.69, 9.17) is 11.6 Å². The number of halogens is 1. The van der Waals surface area contributed by atoms with E-state index in [0.29, 0.717) is 11.7 Å². The van der Waals surface area contributed by atoms with E-state index in [0.717, 1.165) is 5.56 Å². The molecular weight excluding hydrogens is 216 g/mol. The number of hydrogen-bond donors (Lipinski definition) is 0. The van der Waals surface area contributed by atoms with E-state index in [1.54, 1.807) is 12.1 Å². The van der Waals surface area contributed by atoms with Gasteiger partial charge >= 0.3 is 5.97 Å². The number of aromatic nitrogens is 1. The fourth-order valence-electron chi connectivity index (χ4n) is 1.14. The summed E-state index contributed by atoms with van der Waals surface area (Å²) in [6.07, 6.45) is 0. The van der Waals surface area contributed by atoms with Crippen LogP contribution in [0.4, 0.5) is 0 Å². The van der Waals surface area contributed by atoms with Crippen molar-refractivity contribution in [3.8, 4) is 0 Å². The van der Waals surface area contributed by atoms with E-state index in [1.807, 2.05) is 19.0 Å². The minimum Gasteiger partial charge on any atom is -0.464 e. The summed E-state index contributed by atoms with van der Waals surface area (Å²) in [5.41, 5.74) is 1.11. The molecule has 0 aromatic carbocycles. The molecule has 0 aliphatic heterocycles. The Bertz CT molecular complexity index is 366. The molecule has 0 spiro atoms. The summed E-state index contributed by atoms with van der Waals surface area (Å²) < 4.78 is 4.54. The lowest BCUT2D eigenvalue weighted by molar-refractivity contribution is 0.0594. The molecule has 4 nitrogen and oxygen atoms in total. The van der Waals surface area contributed by atoms with Gasteiger partial charge in [-0.05, 0) is 20.2 Å². The third kappa shape index (κ3) is 3.18. The summed E-state index contributed by atoms with van der Waals surface area (Å²) >= 11 is 5.93. The van der Waals surface area contributed by atoms with Gasteiger partial charge < -0.3 is 9.64 Å². The normalized spacial score (nSPS) is 10.5. The molecule has 0 saturated heterocycles. The van der Waals surface area contributed by atoms with Crippen molar-refractivity contribution in [1.82, 2.24) is 9.88 Å². The highest BCUT2D eigenvalue weighted by Crippen LogP contribution is 2.15. The van der Waals surface area contributed by atoms with Gasteiger partial charge in [-0.25, -0.2) is 9.78 Å². The lowest BCUT2D eigenvalue weighted by Gasteiger charge is -2.10. The van der Waals surface area contributed by atoms with Crippen LogP contribution >= 0.6 is 11.6 Å². The van der Waals surface area contributed by atoms with Crippen LogP contribution < -0.4 is 0 Å². The fraction of sp³-hybridized carbons (Fsp3) is 0.400. The largest absolute Gasteiger partial charge is 0.464 e. The molecule has 0 fully saturated rings. The van der Waals surface area contributed by atoms with Crippen molar-refractivity contribution >= 4 is 17.6 Å². The van der Waals surface area contributed by atoms with Crippen LogP contribution in [0.15, 0.2) is 12.1 Å². The highest BCUT2D eigenvalue weighted by Gasteiger charge is 2.10. The van der Waals surface area contributed by atoms with Gasteiger partial charge in [0.05, 0.1) is 7.11 Å². The number of carbonyl (C=O) groups excluding carboxylic acids is 1. The molecule has 0 N–H and O–H groups in total. The van der Waals surface area contributed by atoms with Crippen LogP contribution in [0.2, 0.25) is 5.15 Å². The molecule has 0 saturated carbocycles. The van der Waals surface area contributed by atoms with Gasteiger partial charge in [-0.15, -0.1) is 0 Å². The first kappa shape index (κ1) is 11.9. The van der Waals surface area contributed by atoms with Crippen molar-refractivity contribution in [3.63, 3.8) is 0 Å². The zero-order chi connectivity index (χ0) is 11.4. The predicted molar refractivity (Wildman–Crippen MR) is 58.0 cm³/mol. The number of ether oxygens (including phenoxy) is 1. The molecule has 0 aliphatic rings. The van der Waals surface area contributed by atoms with E-state index in [1.165, 1.54) is 7.11 Å². The molecular formula is C10H13ClN2O2. The summed E-state index contributed by atoms with van der Waals surface area (Å²) in [6, 6.07) is 3.39. The molecule has 0 amide bonds. The molecule has 15 heavy (non-hydrogen) atoms. The second-order valence-electron chi connectivity index (χ2n) is 3.38. The minimum atomic E-state index is -0.478. The highest BCUT2D eigenvalue weighted by atomic mass is 35.5. The Morgan fingerprint density at radius 1 is 1.53 bits per heavy atom. The Kier molecular flexibility index (Phi) is 4.05.